The number of amides is 3. The van der Waals surface area contributed by atoms with Crippen molar-refractivity contribution in [2.75, 3.05) is 19.6 Å². The molecule has 3 N–H and O–H groups in total. The second kappa shape index (κ2) is 13.1. The van der Waals surface area contributed by atoms with E-state index in [1.54, 1.807) is 0 Å². The van der Waals surface area contributed by atoms with Crippen molar-refractivity contribution in [2.45, 2.75) is 58.3 Å². The molecule has 0 saturated carbocycles. The van der Waals surface area contributed by atoms with Crippen molar-refractivity contribution in [3.05, 3.63) is 29.8 Å². The molecule has 1 aromatic carbocycles. The number of hydrazine groups is 1. The lowest BCUT2D eigenvalue weighted by atomic mass is 10.0. The summed E-state index contributed by atoms with van der Waals surface area (Å²) in [4.78, 5) is 36.1. The summed E-state index contributed by atoms with van der Waals surface area (Å²) in [5.41, 5.74) is 4.83. The summed E-state index contributed by atoms with van der Waals surface area (Å²) in [6.07, 6.45) is 2.74. The SMILES string of the molecule is CCCN(CCC)S(=O)(=O)c1ccc(C(=O)NCC(=O)NNC(=O)C(CC)CC)cc1. The molecule has 0 radical (unpaired) electrons. The Labute approximate surface area is 185 Å². The van der Waals surface area contributed by atoms with Crippen LogP contribution in [0.1, 0.15) is 63.7 Å². The average molecular weight is 455 g/mol. The van der Waals surface area contributed by atoms with Crippen molar-refractivity contribution in [3.8, 4) is 0 Å². The van der Waals surface area contributed by atoms with Gasteiger partial charge in [-0.25, -0.2) is 8.42 Å². The summed E-state index contributed by atoms with van der Waals surface area (Å²) in [5, 5.41) is 2.44. The second-order valence-corrected chi connectivity index (χ2v) is 9.10. The molecule has 0 spiro atoms. The van der Waals surface area contributed by atoms with Crippen molar-refractivity contribution >= 4 is 27.7 Å². The van der Waals surface area contributed by atoms with Crippen molar-refractivity contribution in [3.63, 3.8) is 0 Å². The van der Waals surface area contributed by atoms with Crippen LogP contribution in [0.25, 0.3) is 0 Å². The molecular weight excluding hydrogens is 420 g/mol. The fourth-order valence-electron chi connectivity index (χ4n) is 2.98. The van der Waals surface area contributed by atoms with Gasteiger partial charge in [0.05, 0.1) is 11.4 Å². The van der Waals surface area contributed by atoms with E-state index >= 15 is 0 Å². The molecule has 0 bridgehead atoms. The zero-order valence-electron chi connectivity index (χ0n) is 18.7. The smallest absolute Gasteiger partial charge is 0.257 e. The van der Waals surface area contributed by atoms with Crippen LogP contribution in [0.5, 0.6) is 0 Å². The predicted molar refractivity (Wildman–Crippen MR) is 118 cm³/mol. The van der Waals surface area contributed by atoms with Gasteiger partial charge in [0.1, 0.15) is 0 Å². The van der Waals surface area contributed by atoms with Gasteiger partial charge in [-0.3, -0.25) is 25.2 Å². The Hall–Kier alpha value is -2.46. The molecule has 31 heavy (non-hydrogen) atoms. The van der Waals surface area contributed by atoms with Gasteiger partial charge in [0, 0.05) is 24.6 Å². The van der Waals surface area contributed by atoms with Crippen LogP contribution in [0.3, 0.4) is 0 Å². The Bertz CT molecular complexity index is 830. The maximum absolute atomic E-state index is 12.8. The predicted octanol–water partition coefficient (Wildman–Crippen LogP) is 1.81. The highest BCUT2D eigenvalue weighted by Gasteiger charge is 2.23. The maximum Gasteiger partial charge on any atom is 0.257 e. The monoisotopic (exact) mass is 454 g/mol. The molecule has 0 saturated heterocycles. The zero-order valence-corrected chi connectivity index (χ0v) is 19.5. The lowest BCUT2D eigenvalue weighted by Gasteiger charge is -2.21. The van der Waals surface area contributed by atoms with Crippen LogP contribution in [0.15, 0.2) is 29.2 Å². The Morgan fingerprint density at radius 3 is 1.94 bits per heavy atom. The topological polar surface area (TPSA) is 125 Å². The fourth-order valence-corrected chi connectivity index (χ4v) is 4.60. The maximum atomic E-state index is 12.8. The minimum absolute atomic E-state index is 0.118. The molecule has 0 aliphatic carbocycles. The Morgan fingerprint density at radius 1 is 0.903 bits per heavy atom. The molecule has 0 fully saturated rings. The number of benzene rings is 1. The van der Waals surface area contributed by atoms with E-state index in [1.165, 1.54) is 28.6 Å². The van der Waals surface area contributed by atoms with E-state index < -0.39 is 21.8 Å². The first-order chi connectivity index (χ1) is 14.7. The summed E-state index contributed by atoms with van der Waals surface area (Å²) in [6, 6.07) is 5.59. The lowest BCUT2D eigenvalue weighted by molar-refractivity contribution is -0.131. The standard InChI is InChI=1S/C21H34N4O5S/c1-5-13-25(14-6-2)31(29,30)18-11-9-17(10-12-18)20(27)22-15-19(26)23-24-21(28)16(7-3)8-4/h9-12,16H,5-8,13-15H2,1-4H3,(H,22,27)(H,23,26)(H,24,28). The van der Waals surface area contributed by atoms with E-state index in [9.17, 15) is 22.8 Å². The van der Waals surface area contributed by atoms with Gasteiger partial charge in [-0.15, -0.1) is 0 Å². The largest absolute Gasteiger partial charge is 0.343 e. The number of sulfonamides is 1. The number of rotatable bonds is 12. The van der Waals surface area contributed by atoms with Crippen LogP contribution >= 0.6 is 0 Å². The highest BCUT2D eigenvalue weighted by atomic mass is 32.2. The van der Waals surface area contributed by atoms with E-state index in [1.807, 2.05) is 27.7 Å². The molecule has 0 heterocycles. The molecule has 3 amide bonds. The molecule has 0 aromatic heterocycles. The Balaban J connectivity index is 2.66. The van der Waals surface area contributed by atoms with E-state index in [0.29, 0.717) is 38.8 Å². The third kappa shape index (κ3) is 7.95. The quantitative estimate of drug-likeness (QED) is 0.416. The van der Waals surface area contributed by atoms with Crippen molar-refractivity contribution in [2.24, 2.45) is 5.92 Å². The van der Waals surface area contributed by atoms with Gasteiger partial charge in [0.2, 0.25) is 15.9 Å². The highest BCUT2D eigenvalue weighted by molar-refractivity contribution is 7.89. The summed E-state index contributed by atoms with van der Waals surface area (Å²) in [7, 11) is -3.62. The van der Waals surface area contributed by atoms with Crippen LogP contribution < -0.4 is 16.2 Å². The molecule has 0 aliphatic rings. The first-order valence-corrected chi connectivity index (χ1v) is 12.1. The zero-order chi connectivity index (χ0) is 23.4. The third-order valence-corrected chi connectivity index (χ3v) is 6.70. The summed E-state index contributed by atoms with van der Waals surface area (Å²) < 4.78 is 27.0. The van der Waals surface area contributed by atoms with Crippen molar-refractivity contribution in [1.82, 2.24) is 20.5 Å². The van der Waals surface area contributed by atoms with Crippen LogP contribution in [0.2, 0.25) is 0 Å². The van der Waals surface area contributed by atoms with Crippen molar-refractivity contribution < 1.29 is 22.8 Å². The third-order valence-electron chi connectivity index (χ3n) is 4.79. The van der Waals surface area contributed by atoms with E-state index in [4.69, 9.17) is 0 Å². The molecule has 0 aliphatic heterocycles. The number of hydrogen-bond donors (Lipinski definition) is 3. The first-order valence-electron chi connectivity index (χ1n) is 10.7. The normalized spacial score (nSPS) is 11.4. The van der Waals surface area contributed by atoms with Gasteiger partial charge in [-0.1, -0.05) is 27.7 Å². The molecular formula is C21H34N4O5S. The Morgan fingerprint density at radius 2 is 1.45 bits per heavy atom. The van der Waals surface area contributed by atoms with Crippen LogP contribution in [0.4, 0.5) is 0 Å². The highest BCUT2D eigenvalue weighted by Crippen LogP contribution is 2.17. The van der Waals surface area contributed by atoms with Gasteiger partial charge in [0.25, 0.3) is 11.8 Å². The summed E-state index contributed by atoms with van der Waals surface area (Å²) in [6.45, 7) is 8.14. The number of nitrogens with one attached hydrogen (secondary N) is 3. The van der Waals surface area contributed by atoms with Gasteiger partial charge in [-0.05, 0) is 49.9 Å². The average Bonchev–Trinajstić information content (AvgIpc) is 2.76. The molecule has 1 rings (SSSR count). The summed E-state index contributed by atoms with van der Waals surface area (Å²) >= 11 is 0. The molecule has 9 nitrogen and oxygen atoms in total. The number of carbonyl (C=O) groups is 3. The molecule has 0 unspecified atom stereocenters. The minimum atomic E-state index is -3.62. The van der Waals surface area contributed by atoms with Crippen LogP contribution in [-0.4, -0.2) is 50.1 Å². The van der Waals surface area contributed by atoms with Crippen LogP contribution in [0, 0.1) is 5.92 Å². The van der Waals surface area contributed by atoms with E-state index in [0.717, 1.165) is 0 Å². The number of hydrogen-bond acceptors (Lipinski definition) is 5. The Kier molecular flexibility index (Phi) is 11.2. The van der Waals surface area contributed by atoms with Gasteiger partial charge < -0.3 is 5.32 Å². The van der Waals surface area contributed by atoms with E-state index in [2.05, 4.69) is 16.2 Å². The van der Waals surface area contributed by atoms with Crippen LogP contribution in [-0.2, 0) is 19.6 Å². The van der Waals surface area contributed by atoms with Crippen molar-refractivity contribution in [1.29, 1.82) is 0 Å². The molecule has 10 heteroatoms. The second-order valence-electron chi connectivity index (χ2n) is 7.16. The number of nitrogens with zero attached hydrogens (tertiary/aromatic N) is 1. The fraction of sp³-hybridized carbons (Fsp3) is 0.571. The molecule has 174 valence electrons. The lowest BCUT2D eigenvalue weighted by Crippen LogP contribution is -2.48. The first kappa shape index (κ1) is 26.6. The summed E-state index contributed by atoms with van der Waals surface area (Å²) in [5.74, 6) is -1.55. The van der Waals surface area contributed by atoms with Gasteiger partial charge >= 0.3 is 0 Å². The number of carbonyl (C=O) groups excluding carboxylic acids is 3. The minimum Gasteiger partial charge on any atom is -0.343 e. The molecule has 0 atom stereocenters. The van der Waals surface area contributed by atoms with E-state index in [-0.39, 0.29) is 28.8 Å². The van der Waals surface area contributed by atoms with Gasteiger partial charge in [0.15, 0.2) is 0 Å². The molecule has 1 aromatic rings. The van der Waals surface area contributed by atoms with Gasteiger partial charge in [-0.2, -0.15) is 4.31 Å².